The zero-order chi connectivity index (χ0) is 34.5. The lowest BCUT2D eigenvalue weighted by Crippen LogP contribution is -2.28. The Hall–Kier alpha value is -4.31. The third-order valence-corrected chi connectivity index (χ3v) is 10.9. The predicted molar refractivity (Wildman–Crippen MR) is 195 cm³/mol. The van der Waals surface area contributed by atoms with Crippen LogP contribution in [0.1, 0.15) is 38.8 Å². The van der Waals surface area contributed by atoms with Gasteiger partial charge in [0, 0.05) is 41.0 Å². The smallest absolute Gasteiger partial charge is 0.335 e. The Labute approximate surface area is 299 Å². The monoisotopic (exact) mass is 732 g/mol. The average molecular weight is 734 g/mol. The molecule has 0 amide bonds. The van der Waals surface area contributed by atoms with Gasteiger partial charge in [-0.15, -0.1) is 0 Å². The number of benzene rings is 5. The summed E-state index contributed by atoms with van der Waals surface area (Å²) in [5.74, 6) is -0.483. The minimum absolute atomic E-state index is 0.0335. The first-order chi connectivity index (χ1) is 23.6. The van der Waals surface area contributed by atoms with Gasteiger partial charge >= 0.3 is 5.97 Å². The molecule has 0 unspecified atom stereocenters. The number of carboxylic acids is 1. The highest BCUT2D eigenvalue weighted by Crippen LogP contribution is 2.38. The molecule has 2 N–H and O–H groups in total. The van der Waals surface area contributed by atoms with Crippen LogP contribution in [0.2, 0.25) is 15.1 Å². The van der Waals surface area contributed by atoms with Gasteiger partial charge in [0.1, 0.15) is 10.6 Å². The van der Waals surface area contributed by atoms with Crippen molar-refractivity contribution in [1.82, 2.24) is 9.29 Å². The molecule has 0 fully saturated rings. The summed E-state index contributed by atoms with van der Waals surface area (Å²) in [5, 5.41) is 10.8. The number of hydrogen-bond donors (Lipinski definition) is 2. The molecule has 5 aromatic carbocycles. The number of sulfonamides is 1. The van der Waals surface area contributed by atoms with Crippen molar-refractivity contribution in [1.29, 1.82) is 0 Å². The number of aromatic carboxylic acids is 1. The summed E-state index contributed by atoms with van der Waals surface area (Å²) in [6, 6.07) is 36.6. The van der Waals surface area contributed by atoms with E-state index in [9.17, 15) is 18.3 Å². The van der Waals surface area contributed by atoms with E-state index in [0.717, 1.165) is 33.3 Å². The summed E-state index contributed by atoms with van der Waals surface area (Å²) in [4.78, 5) is 11.1. The van der Waals surface area contributed by atoms with Crippen LogP contribution in [0, 0.1) is 0 Å². The van der Waals surface area contributed by atoms with Crippen LogP contribution in [-0.2, 0) is 22.9 Å². The molecule has 1 aromatic heterocycles. The molecule has 0 saturated carbocycles. The Bertz CT molecular complexity index is 2150. The van der Waals surface area contributed by atoms with E-state index < -0.39 is 16.0 Å². The van der Waals surface area contributed by atoms with E-state index in [4.69, 9.17) is 39.5 Å². The largest absolute Gasteiger partial charge is 0.493 e. The van der Waals surface area contributed by atoms with Crippen LogP contribution in [0.25, 0.3) is 10.9 Å². The number of halogens is 3. The maximum Gasteiger partial charge on any atom is 0.335 e. The fraction of sp³-hybridized carbons (Fsp3) is 0.132. The van der Waals surface area contributed by atoms with Crippen LogP contribution < -0.4 is 9.46 Å². The van der Waals surface area contributed by atoms with Gasteiger partial charge in [-0.05, 0) is 71.3 Å². The molecule has 0 saturated heterocycles. The molecule has 250 valence electrons. The van der Waals surface area contributed by atoms with Gasteiger partial charge in [-0.3, -0.25) is 0 Å². The van der Waals surface area contributed by atoms with Crippen molar-refractivity contribution in [2.75, 3.05) is 13.2 Å². The lowest BCUT2D eigenvalue weighted by Gasteiger charge is -2.25. The number of fused-ring (bicyclic) bond motifs is 1. The lowest BCUT2D eigenvalue weighted by molar-refractivity contribution is 0.0697. The van der Waals surface area contributed by atoms with Gasteiger partial charge in [0.05, 0.1) is 28.3 Å². The molecule has 0 spiro atoms. The van der Waals surface area contributed by atoms with Crippen molar-refractivity contribution in [2.45, 2.75) is 23.8 Å². The van der Waals surface area contributed by atoms with Crippen LogP contribution in [0.4, 0.5) is 0 Å². The predicted octanol–water partition coefficient (Wildman–Crippen LogP) is 9.08. The normalized spacial score (nSPS) is 11.7. The van der Waals surface area contributed by atoms with Crippen molar-refractivity contribution in [3.63, 3.8) is 0 Å². The van der Waals surface area contributed by atoms with Gasteiger partial charge in [0.15, 0.2) is 0 Å². The molecule has 0 atom stereocenters. The molecule has 6 aromatic rings. The Morgan fingerprint density at radius 2 is 1.39 bits per heavy atom. The summed E-state index contributed by atoms with van der Waals surface area (Å²) < 4.78 is 38.0. The van der Waals surface area contributed by atoms with Gasteiger partial charge in [0.2, 0.25) is 10.0 Å². The molecule has 0 aliphatic carbocycles. The van der Waals surface area contributed by atoms with Gasteiger partial charge in [0.25, 0.3) is 0 Å². The van der Waals surface area contributed by atoms with Crippen LogP contribution in [0.15, 0.2) is 126 Å². The van der Waals surface area contributed by atoms with Crippen LogP contribution in [-0.4, -0.2) is 37.2 Å². The van der Waals surface area contributed by atoms with Crippen molar-refractivity contribution < 1.29 is 23.1 Å². The van der Waals surface area contributed by atoms with Crippen LogP contribution in [0.3, 0.4) is 0 Å². The minimum Gasteiger partial charge on any atom is -0.493 e. The number of nitrogens with one attached hydrogen (secondary N) is 1. The summed E-state index contributed by atoms with van der Waals surface area (Å²) in [5.41, 5.74) is 5.04. The number of carboxylic acid groups (broad SMARTS) is 1. The quantitative estimate of drug-likeness (QED) is 0.123. The van der Waals surface area contributed by atoms with Crippen molar-refractivity contribution in [3.8, 4) is 5.75 Å². The second-order valence-corrected chi connectivity index (χ2v) is 14.3. The van der Waals surface area contributed by atoms with E-state index in [1.165, 1.54) is 24.3 Å². The summed E-state index contributed by atoms with van der Waals surface area (Å²) >= 11 is 19.1. The maximum atomic E-state index is 13.5. The zero-order valence-corrected chi connectivity index (χ0v) is 29.1. The lowest BCUT2D eigenvalue weighted by atomic mass is 9.97. The molecule has 0 aliphatic rings. The van der Waals surface area contributed by atoms with E-state index >= 15 is 0 Å². The fourth-order valence-corrected chi connectivity index (χ4v) is 8.44. The number of carbonyl (C=O) groups is 1. The summed E-state index contributed by atoms with van der Waals surface area (Å²) in [6.45, 7) is 0.322. The third kappa shape index (κ3) is 7.64. The Kier molecular flexibility index (Phi) is 10.6. The first-order valence-corrected chi connectivity index (χ1v) is 18.1. The van der Waals surface area contributed by atoms with E-state index in [-0.39, 0.29) is 39.7 Å². The molecule has 11 heteroatoms. The molecule has 0 bridgehead atoms. The number of aromatic nitrogens is 1. The van der Waals surface area contributed by atoms with Crippen LogP contribution >= 0.6 is 34.8 Å². The maximum absolute atomic E-state index is 13.5. The van der Waals surface area contributed by atoms with Crippen LogP contribution in [0.5, 0.6) is 5.75 Å². The molecule has 7 nitrogen and oxygen atoms in total. The average Bonchev–Trinajstić information content (AvgIpc) is 3.37. The first-order valence-electron chi connectivity index (χ1n) is 15.4. The molecular formula is C38H31Cl3N2O5S. The molecule has 6 rings (SSSR count). The molecule has 1 heterocycles. The second-order valence-electron chi connectivity index (χ2n) is 11.3. The highest BCUT2D eigenvalue weighted by Gasteiger charge is 2.27. The molecule has 49 heavy (non-hydrogen) atoms. The van der Waals surface area contributed by atoms with Gasteiger partial charge in [-0.2, -0.15) is 0 Å². The summed E-state index contributed by atoms with van der Waals surface area (Å²) in [7, 11) is -4.05. The minimum atomic E-state index is -4.05. The third-order valence-electron chi connectivity index (χ3n) is 8.23. The molecular weight excluding hydrogens is 703 g/mol. The van der Waals surface area contributed by atoms with Gasteiger partial charge in [-0.25, -0.2) is 17.9 Å². The second kappa shape index (κ2) is 15.1. The van der Waals surface area contributed by atoms with E-state index in [2.05, 4.69) is 33.6 Å². The topological polar surface area (TPSA) is 97.6 Å². The van der Waals surface area contributed by atoms with E-state index in [1.54, 1.807) is 18.2 Å². The summed E-state index contributed by atoms with van der Waals surface area (Å²) in [6.07, 6.45) is 0.770. The number of nitrogens with zero attached hydrogens (tertiary/aromatic N) is 1. The van der Waals surface area contributed by atoms with E-state index in [1.807, 2.05) is 54.6 Å². The highest BCUT2D eigenvalue weighted by molar-refractivity contribution is 7.89. The number of rotatable bonds is 13. The fourth-order valence-electron chi connectivity index (χ4n) is 6.09. The van der Waals surface area contributed by atoms with Crippen molar-refractivity contribution in [3.05, 3.63) is 164 Å². The first kappa shape index (κ1) is 34.5. The Balaban J connectivity index is 1.44. The van der Waals surface area contributed by atoms with Crippen molar-refractivity contribution >= 4 is 61.7 Å². The van der Waals surface area contributed by atoms with Gasteiger partial charge in [-0.1, -0.05) is 102 Å². The zero-order valence-electron chi connectivity index (χ0n) is 26.0. The molecule has 0 radical (unpaired) electrons. The van der Waals surface area contributed by atoms with E-state index in [0.29, 0.717) is 23.6 Å². The SMILES string of the molecule is O=C(O)c1ccc(OCCc2c(CCNS(=O)(=O)c3c(Cl)cccc3Cl)n(C(c3ccccc3)c3ccccc3)c3ccc(Cl)cc23)cc1. The van der Waals surface area contributed by atoms with Gasteiger partial charge < -0.3 is 14.4 Å². The Morgan fingerprint density at radius 1 is 0.776 bits per heavy atom. The van der Waals surface area contributed by atoms with Crippen molar-refractivity contribution in [2.24, 2.45) is 0 Å². The number of hydrogen-bond acceptors (Lipinski definition) is 4. The standard InChI is InChI=1S/C38H31Cl3N2O5S/c39-28-16-19-34-31(24-28)30(21-23-48-29-17-14-27(15-18-29)38(44)45)35(20-22-42-49(46,47)37-32(40)12-7-13-33(37)41)43(34)36(25-8-3-1-4-9-25)26-10-5-2-6-11-26/h1-19,24,36,42H,20-23H2,(H,44,45). The molecule has 0 aliphatic heterocycles. The Morgan fingerprint density at radius 3 is 1.98 bits per heavy atom. The number of ether oxygens (including phenoxy) is 1. The highest BCUT2D eigenvalue weighted by atomic mass is 35.5.